The van der Waals surface area contributed by atoms with Crippen molar-refractivity contribution < 1.29 is 4.39 Å². The summed E-state index contributed by atoms with van der Waals surface area (Å²) < 4.78 is 12.9. The monoisotopic (exact) mass is 284 g/mol. The van der Waals surface area contributed by atoms with Crippen LogP contribution in [0.15, 0.2) is 42.5 Å². The zero-order valence-electron chi connectivity index (χ0n) is 12.4. The second kappa shape index (κ2) is 6.35. The summed E-state index contributed by atoms with van der Waals surface area (Å²) in [7, 11) is 2.18. The lowest BCUT2D eigenvalue weighted by molar-refractivity contribution is 0.248. The predicted octanol–water partition coefficient (Wildman–Crippen LogP) is 3.62. The first-order valence-electron chi connectivity index (χ1n) is 7.59. The number of hydrogen-bond donors (Lipinski definition) is 0. The number of hydrogen-bond acceptors (Lipinski definition) is 2. The Hall–Kier alpha value is -1.74. The molecule has 0 unspecified atom stereocenters. The Kier molecular flexibility index (Phi) is 4.30. The van der Waals surface area contributed by atoms with Gasteiger partial charge >= 0.3 is 0 Å². The van der Waals surface area contributed by atoms with Gasteiger partial charge in [0.1, 0.15) is 5.82 Å². The van der Waals surface area contributed by atoms with Crippen LogP contribution in [0.4, 0.5) is 4.39 Å². The van der Waals surface area contributed by atoms with Crippen molar-refractivity contribution in [1.29, 1.82) is 0 Å². The SMILES string of the molecule is CN1CCC[C@H](c2cccc(Cc3ccc(F)cc3)n2)C1. The quantitative estimate of drug-likeness (QED) is 0.856. The Bertz CT molecular complexity index is 594. The molecule has 2 nitrogen and oxygen atoms in total. The van der Waals surface area contributed by atoms with Gasteiger partial charge in [0.25, 0.3) is 0 Å². The van der Waals surface area contributed by atoms with Gasteiger partial charge in [0.15, 0.2) is 0 Å². The van der Waals surface area contributed by atoms with E-state index < -0.39 is 0 Å². The fourth-order valence-corrected chi connectivity index (χ4v) is 3.04. The van der Waals surface area contributed by atoms with E-state index in [9.17, 15) is 4.39 Å². The van der Waals surface area contributed by atoms with Gasteiger partial charge in [-0.2, -0.15) is 0 Å². The highest BCUT2D eigenvalue weighted by atomic mass is 19.1. The topological polar surface area (TPSA) is 16.1 Å². The van der Waals surface area contributed by atoms with Crippen LogP contribution in [0.5, 0.6) is 0 Å². The standard InChI is InChI=1S/C18H21FN2/c1-21-11-3-4-15(13-21)18-6-2-5-17(20-18)12-14-7-9-16(19)10-8-14/h2,5-10,15H,3-4,11-13H2,1H3/t15-/m0/s1. The average molecular weight is 284 g/mol. The fraction of sp³-hybridized carbons (Fsp3) is 0.389. The minimum atomic E-state index is -0.189. The van der Waals surface area contributed by atoms with Crippen LogP contribution in [0.1, 0.15) is 35.7 Å². The van der Waals surface area contributed by atoms with Crippen molar-refractivity contribution in [3.63, 3.8) is 0 Å². The van der Waals surface area contributed by atoms with Crippen molar-refractivity contribution in [2.75, 3.05) is 20.1 Å². The molecule has 1 atom stereocenters. The lowest BCUT2D eigenvalue weighted by Gasteiger charge is -2.29. The van der Waals surface area contributed by atoms with Gasteiger partial charge in [-0.25, -0.2) is 4.39 Å². The molecule has 2 aromatic rings. The van der Waals surface area contributed by atoms with E-state index in [4.69, 9.17) is 4.98 Å². The Labute approximate surface area is 125 Å². The molecule has 1 fully saturated rings. The molecule has 0 bridgehead atoms. The van der Waals surface area contributed by atoms with E-state index in [2.05, 4.69) is 30.1 Å². The van der Waals surface area contributed by atoms with E-state index in [-0.39, 0.29) is 5.82 Å². The molecule has 0 aliphatic carbocycles. The first-order chi connectivity index (χ1) is 10.2. The highest BCUT2D eigenvalue weighted by Gasteiger charge is 2.20. The second-order valence-corrected chi connectivity index (χ2v) is 5.96. The van der Waals surface area contributed by atoms with Crippen LogP contribution in [0.3, 0.4) is 0 Å². The van der Waals surface area contributed by atoms with Crippen molar-refractivity contribution >= 4 is 0 Å². The number of benzene rings is 1. The molecule has 1 aliphatic heterocycles. The molecule has 1 saturated heterocycles. The van der Waals surface area contributed by atoms with Gasteiger partial charge in [0.2, 0.25) is 0 Å². The number of halogens is 1. The van der Waals surface area contributed by atoms with Gasteiger partial charge in [-0.15, -0.1) is 0 Å². The molecule has 0 spiro atoms. The molecule has 2 heterocycles. The third kappa shape index (κ3) is 3.67. The molecule has 3 rings (SSSR count). The number of likely N-dealkylation sites (N-methyl/N-ethyl adjacent to an activating group) is 1. The number of piperidine rings is 1. The maximum absolute atomic E-state index is 12.9. The van der Waals surface area contributed by atoms with E-state index in [1.165, 1.54) is 37.2 Å². The Balaban J connectivity index is 1.75. The fourth-order valence-electron chi connectivity index (χ4n) is 3.04. The van der Waals surface area contributed by atoms with Gasteiger partial charge < -0.3 is 4.90 Å². The van der Waals surface area contributed by atoms with E-state index >= 15 is 0 Å². The zero-order valence-corrected chi connectivity index (χ0v) is 12.4. The van der Waals surface area contributed by atoms with Crippen LogP contribution in [0, 0.1) is 5.82 Å². The lowest BCUT2D eigenvalue weighted by Crippen LogP contribution is -2.31. The van der Waals surface area contributed by atoms with Gasteiger partial charge in [-0.05, 0) is 56.3 Å². The second-order valence-electron chi connectivity index (χ2n) is 5.96. The molecule has 1 aromatic heterocycles. The van der Waals surface area contributed by atoms with Crippen LogP contribution < -0.4 is 0 Å². The third-order valence-electron chi connectivity index (χ3n) is 4.17. The first kappa shape index (κ1) is 14.2. The summed E-state index contributed by atoms with van der Waals surface area (Å²) in [5.74, 6) is 0.350. The summed E-state index contributed by atoms with van der Waals surface area (Å²) in [5, 5.41) is 0. The molecular formula is C18H21FN2. The summed E-state index contributed by atoms with van der Waals surface area (Å²) in [6, 6.07) is 13.0. The van der Waals surface area contributed by atoms with E-state index in [0.717, 1.165) is 24.2 Å². The molecule has 1 aliphatic rings. The van der Waals surface area contributed by atoms with Gasteiger partial charge in [0.05, 0.1) is 0 Å². The Morgan fingerprint density at radius 1 is 1.19 bits per heavy atom. The normalized spacial score (nSPS) is 19.6. The molecule has 1 aromatic carbocycles. The molecule has 0 N–H and O–H groups in total. The van der Waals surface area contributed by atoms with E-state index in [1.807, 2.05) is 12.1 Å². The summed E-state index contributed by atoms with van der Waals surface area (Å²) in [5.41, 5.74) is 3.36. The Morgan fingerprint density at radius 3 is 2.76 bits per heavy atom. The van der Waals surface area contributed by atoms with Gasteiger partial charge in [-0.3, -0.25) is 4.98 Å². The van der Waals surface area contributed by atoms with Crippen molar-refractivity contribution in [2.45, 2.75) is 25.2 Å². The van der Waals surface area contributed by atoms with Gasteiger partial charge in [-0.1, -0.05) is 18.2 Å². The molecule has 110 valence electrons. The summed E-state index contributed by atoms with van der Waals surface area (Å²) >= 11 is 0. The molecule has 3 heteroatoms. The smallest absolute Gasteiger partial charge is 0.123 e. The zero-order chi connectivity index (χ0) is 14.7. The molecule has 0 radical (unpaired) electrons. The number of nitrogens with zero attached hydrogens (tertiary/aromatic N) is 2. The van der Waals surface area contributed by atoms with Crippen LogP contribution in [0.25, 0.3) is 0 Å². The number of likely N-dealkylation sites (tertiary alicyclic amines) is 1. The Morgan fingerprint density at radius 2 is 2.00 bits per heavy atom. The largest absolute Gasteiger partial charge is 0.306 e. The van der Waals surface area contributed by atoms with Crippen molar-refractivity contribution in [1.82, 2.24) is 9.88 Å². The molecule has 21 heavy (non-hydrogen) atoms. The van der Waals surface area contributed by atoms with E-state index in [1.54, 1.807) is 0 Å². The highest BCUT2D eigenvalue weighted by Crippen LogP contribution is 2.25. The first-order valence-corrected chi connectivity index (χ1v) is 7.59. The van der Waals surface area contributed by atoms with Crippen LogP contribution in [0.2, 0.25) is 0 Å². The maximum atomic E-state index is 12.9. The molecule has 0 amide bonds. The molecule has 0 saturated carbocycles. The minimum absolute atomic E-state index is 0.189. The number of pyridine rings is 1. The van der Waals surface area contributed by atoms with Crippen LogP contribution >= 0.6 is 0 Å². The van der Waals surface area contributed by atoms with Crippen molar-refractivity contribution in [3.8, 4) is 0 Å². The third-order valence-corrected chi connectivity index (χ3v) is 4.17. The average Bonchev–Trinajstić information content (AvgIpc) is 2.50. The van der Waals surface area contributed by atoms with Crippen LogP contribution in [-0.2, 0) is 6.42 Å². The highest BCUT2D eigenvalue weighted by molar-refractivity contribution is 5.24. The molecular weight excluding hydrogens is 263 g/mol. The summed E-state index contributed by atoms with van der Waals surface area (Å²) in [6.07, 6.45) is 3.22. The minimum Gasteiger partial charge on any atom is -0.306 e. The van der Waals surface area contributed by atoms with E-state index in [0.29, 0.717) is 5.92 Å². The van der Waals surface area contributed by atoms with Crippen molar-refractivity contribution in [3.05, 3.63) is 65.2 Å². The summed E-state index contributed by atoms with van der Waals surface area (Å²) in [6.45, 7) is 2.28. The number of rotatable bonds is 3. The van der Waals surface area contributed by atoms with Crippen LogP contribution in [-0.4, -0.2) is 30.0 Å². The van der Waals surface area contributed by atoms with Crippen molar-refractivity contribution in [2.24, 2.45) is 0 Å². The number of aromatic nitrogens is 1. The summed E-state index contributed by atoms with van der Waals surface area (Å²) in [4.78, 5) is 7.21. The van der Waals surface area contributed by atoms with Gasteiger partial charge in [0, 0.05) is 30.3 Å². The predicted molar refractivity (Wildman–Crippen MR) is 82.9 cm³/mol. The maximum Gasteiger partial charge on any atom is 0.123 e. The lowest BCUT2D eigenvalue weighted by atomic mass is 9.94.